The summed E-state index contributed by atoms with van der Waals surface area (Å²) in [4.78, 5) is 3.57. The van der Waals surface area contributed by atoms with E-state index in [-0.39, 0.29) is 0 Å². The van der Waals surface area contributed by atoms with Crippen LogP contribution >= 0.6 is 0 Å². The van der Waals surface area contributed by atoms with Gasteiger partial charge in [0, 0.05) is 36.1 Å². The van der Waals surface area contributed by atoms with Crippen molar-refractivity contribution in [1.29, 1.82) is 0 Å². The molecule has 1 aliphatic rings. The highest BCUT2D eigenvalue weighted by atomic mass is 14.9. The van der Waals surface area contributed by atoms with Gasteiger partial charge in [-0.15, -0.1) is 0 Å². The molecular formula is C18H18N2. The van der Waals surface area contributed by atoms with Crippen LogP contribution in [0.3, 0.4) is 0 Å². The van der Waals surface area contributed by atoms with Crippen LogP contribution in [0, 0.1) is 6.92 Å². The molecule has 0 spiro atoms. The molecule has 2 heteroatoms. The average Bonchev–Trinajstić information content (AvgIpc) is 2.85. The van der Waals surface area contributed by atoms with Crippen molar-refractivity contribution in [1.82, 2.24) is 10.3 Å². The third-order valence-electron chi connectivity index (χ3n) is 4.20. The van der Waals surface area contributed by atoms with E-state index in [1.54, 1.807) is 0 Å². The van der Waals surface area contributed by atoms with Crippen LogP contribution in [0.4, 0.5) is 0 Å². The van der Waals surface area contributed by atoms with Crippen molar-refractivity contribution in [2.24, 2.45) is 0 Å². The van der Waals surface area contributed by atoms with E-state index >= 15 is 0 Å². The smallest absolute Gasteiger partial charge is 0.0459 e. The Kier molecular flexibility index (Phi) is 2.64. The molecule has 2 aromatic carbocycles. The molecule has 0 unspecified atom stereocenters. The molecule has 0 saturated carbocycles. The summed E-state index contributed by atoms with van der Waals surface area (Å²) in [6.45, 7) is 4.20. The quantitative estimate of drug-likeness (QED) is 0.686. The fraction of sp³-hybridized carbons (Fsp3) is 0.222. The summed E-state index contributed by atoms with van der Waals surface area (Å²) in [7, 11) is 0. The van der Waals surface area contributed by atoms with Gasteiger partial charge in [0.25, 0.3) is 0 Å². The highest BCUT2D eigenvalue weighted by Crippen LogP contribution is 2.30. The van der Waals surface area contributed by atoms with Gasteiger partial charge in [-0.05, 0) is 35.7 Å². The number of aromatic nitrogens is 1. The summed E-state index contributed by atoms with van der Waals surface area (Å²) in [5.74, 6) is 0. The molecule has 0 amide bonds. The summed E-state index contributed by atoms with van der Waals surface area (Å²) >= 11 is 0. The number of fused-ring (bicyclic) bond motifs is 3. The van der Waals surface area contributed by atoms with Gasteiger partial charge >= 0.3 is 0 Å². The fourth-order valence-corrected chi connectivity index (χ4v) is 3.15. The number of rotatable bonds is 1. The molecule has 0 saturated heterocycles. The van der Waals surface area contributed by atoms with Crippen LogP contribution in [0.25, 0.3) is 22.0 Å². The van der Waals surface area contributed by atoms with Gasteiger partial charge in [0.05, 0.1) is 0 Å². The first-order valence-electron chi connectivity index (χ1n) is 7.22. The van der Waals surface area contributed by atoms with Crippen LogP contribution in [0.1, 0.15) is 16.8 Å². The Bertz CT molecular complexity index is 783. The molecule has 2 nitrogen and oxygen atoms in total. The molecule has 3 aromatic rings. The number of aryl methyl sites for hydroxylation is 1. The van der Waals surface area contributed by atoms with Crippen molar-refractivity contribution >= 4 is 10.9 Å². The van der Waals surface area contributed by atoms with E-state index in [1.165, 1.54) is 38.9 Å². The summed E-state index contributed by atoms with van der Waals surface area (Å²) in [6, 6.07) is 15.5. The molecule has 1 aliphatic heterocycles. The van der Waals surface area contributed by atoms with E-state index in [0.29, 0.717) is 0 Å². The second-order valence-electron chi connectivity index (χ2n) is 5.64. The Morgan fingerprint density at radius 2 is 1.90 bits per heavy atom. The van der Waals surface area contributed by atoms with Gasteiger partial charge in [0.1, 0.15) is 0 Å². The van der Waals surface area contributed by atoms with Gasteiger partial charge in [-0.25, -0.2) is 0 Å². The third kappa shape index (κ3) is 1.84. The lowest BCUT2D eigenvalue weighted by Gasteiger charge is -2.12. The number of nitrogens with one attached hydrogen (secondary N) is 2. The molecule has 0 aliphatic carbocycles. The normalized spacial score (nSPS) is 14.4. The summed E-state index contributed by atoms with van der Waals surface area (Å²) < 4.78 is 0. The molecule has 0 bridgehead atoms. The second kappa shape index (κ2) is 4.50. The van der Waals surface area contributed by atoms with Crippen LogP contribution in [-0.4, -0.2) is 11.5 Å². The van der Waals surface area contributed by atoms with E-state index in [0.717, 1.165) is 19.5 Å². The minimum atomic E-state index is 0.979. The van der Waals surface area contributed by atoms with Crippen molar-refractivity contribution in [3.05, 3.63) is 59.3 Å². The Morgan fingerprint density at radius 1 is 1.00 bits per heavy atom. The van der Waals surface area contributed by atoms with E-state index < -0.39 is 0 Å². The van der Waals surface area contributed by atoms with Gasteiger partial charge in [-0.3, -0.25) is 0 Å². The van der Waals surface area contributed by atoms with Gasteiger partial charge in [0.2, 0.25) is 0 Å². The molecule has 4 rings (SSSR count). The molecule has 1 aromatic heterocycles. The first-order valence-corrected chi connectivity index (χ1v) is 7.22. The summed E-state index contributed by atoms with van der Waals surface area (Å²) in [6.07, 6.45) is 1.10. The lowest BCUT2D eigenvalue weighted by molar-refractivity contribution is 0.641. The zero-order valence-electron chi connectivity index (χ0n) is 11.7. The zero-order chi connectivity index (χ0) is 13.5. The number of hydrogen-bond acceptors (Lipinski definition) is 1. The van der Waals surface area contributed by atoms with Gasteiger partial charge < -0.3 is 10.3 Å². The molecule has 20 heavy (non-hydrogen) atoms. The molecule has 0 atom stereocenters. The van der Waals surface area contributed by atoms with Gasteiger partial charge in [-0.2, -0.15) is 0 Å². The molecule has 2 N–H and O–H groups in total. The standard InChI is InChI=1S/C18H18N2/c1-12-3-2-4-13(9-12)14-5-6-17-15(10-14)16-11-19-8-7-18(16)20-17/h2-6,9-10,19-20H,7-8,11H2,1H3. The monoisotopic (exact) mass is 262 g/mol. The van der Waals surface area contributed by atoms with Crippen LogP contribution in [-0.2, 0) is 13.0 Å². The van der Waals surface area contributed by atoms with Crippen LogP contribution in [0.15, 0.2) is 42.5 Å². The number of aromatic amines is 1. The molecule has 0 radical (unpaired) electrons. The largest absolute Gasteiger partial charge is 0.358 e. The third-order valence-corrected chi connectivity index (χ3v) is 4.20. The molecule has 0 fully saturated rings. The summed E-state index contributed by atoms with van der Waals surface area (Å²) in [5.41, 5.74) is 8.01. The maximum Gasteiger partial charge on any atom is 0.0459 e. The van der Waals surface area contributed by atoms with Crippen molar-refractivity contribution < 1.29 is 0 Å². The predicted molar refractivity (Wildman–Crippen MR) is 83.9 cm³/mol. The lowest BCUT2D eigenvalue weighted by atomic mass is 9.99. The van der Waals surface area contributed by atoms with Crippen LogP contribution in [0.5, 0.6) is 0 Å². The van der Waals surface area contributed by atoms with E-state index in [9.17, 15) is 0 Å². The van der Waals surface area contributed by atoms with Crippen molar-refractivity contribution in [2.45, 2.75) is 19.9 Å². The highest BCUT2D eigenvalue weighted by molar-refractivity contribution is 5.89. The predicted octanol–water partition coefficient (Wildman–Crippen LogP) is 3.79. The number of benzene rings is 2. The average molecular weight is 262 g/mol. The molecular weight excluding hydrogens is 244 g/mol. The Labute approximate surface area is 118 Å². The van der Waals surface area contributed by atoms with Gasteiger partial charge in [-0.1, -0.05) is 35.9 Å². The molecule has 2 heterocycles. The van der Waals surface area contributed by atoms with E-state index in [4.69, 9.17) is 0 Å². The fourth-order valence-electron chi connectivity index (χ4n) is 3.15. The minimum Gasteiger partial charge on any atom is -0.358 e. The SMILES string of the molecule is Cc1cccc(-c2ccc3[nH]c4c(c3c2)CNCC4)c1. The molecule has 100 valence electrons. The Balaban J connectivity index is 1.90. The Morgan fingerprint density at radius 3 is 2.80 bits per heavy atom. The minimum absolute atomic E-state index is 0.979. The van der Waals surface area contributed by atoms with Crippen LogP contribution in [0.2, 0.25) is 0 Å². The first-order chi connectivity index (χ1) is 9.81. The number of hydrogen-bond donors (Lipinski definition) is 2. The zero-order valence-corrected chi connectivity index (χ0v) is 11.7. The maximum atomic E-state index is 3.57. The van der Waals surface area contributed by atoms with E-state index in [1.807, 2.05) is 0 Å². The van der Waals surface area contributed by atoms with Crippen molar-refractivity contribution in [2.75, 3.05) is 6.54 Å². The van der Waals surface area contributed by atoms with Gasteiger partial charge in [0.15, 0.2) is 0 Å². The van der Waals surface area contributed by atoms with Crippen LogP contribution < -0.4 is 5.32 Å². The number of H-pyrrole nitrogens is 1. The van der Waals surface area contributed by atoms with Crippen molar-refractivity contribution in [3.8, 4) is 11.1 Å². The summed E-state index contributed by atoms with van der Waals surface area (Å²) in [5, 5.41) is 4.83. The lowest BCUT2D eigenvalue weighted by Crippen LogP contribution is -2.22. The Hall–Kier alpha value is -2.06. The topological polar surface area (TPSA) is 27.8 Å². The van der Waals surface area contributed by atoms with E-state index in [2.05, 4.69) is 59.7 Å². The highest BCUT2D eigenvalue weighted by Gasteiger charge is 2.15. The van der Waals surface area contributed by atoms with Crippen molar-refractivity contribution in [3.63, 3.8) is 0 Å². The second-order valence-corrected chi connectivity index (χ2v) is 5.64. The first kappa shape index (κ1) is 11.7. The maximum absolute atomic E-state index is 3.57.